The average Bonchev–Trinajstić information content (AvgIpc) is 2.28. The molecular formula is C14H21BrN2O. The summed E-state index contributed by atoms with van der Waals surface area (Å²) in [7, 11) is 0. The number of hydrogen-bond donors (Lipinski definition) is 2. The Bertz CT molecular complexity index is 407. The van der Waals surface area contributed by atoms with E-state index < -0.39 is 0 Å². The van der Waals surface area contributed by atoms with Gasteiger partial charge in [-0.25, -0.2) is 0 Å². The van der Waals surface area contributed by atoms with E-state index in [4.69, 9.17) is 0 Å². The van der Waals surface area contributed by atoms with Crippen LogP contribution in [0.3, 0.4) is 0 Å². The van der Waals surface area contributed by atoms with Crippen LogP contribution in [0.2, 0.25) is 0 Å². The van der Waals surface area contributed by atoms with Gasteiger partial charge in [0.1, 0.15) is 0 Å². The molecule has 1 rings (SSSR count). The first-order chi connectivity index (χ1) is 8.41. The summed E-state index contributed by atoms with van der Waals surface area (Å²) in [6.07, 6.45) is 0. The van der Waals surface area contributed by atoms with Crippen LogP contribution in [0.5, 0.6) is 0 Å². The van der Waals surface area contributed by atoms with E-state index in [2.05, 4.69) is 39.6 Å². The van der Waals surface area contributed by atoms with Crippen molar-refractivity contribution in [3.8, 4) is 0 Å². The number of hydrogen-bond acceptors (Lipinski definition) is 2. The van der Waals surface area contributed by atoms with Crippen LogP contribution in [0.1, 0.15) is 39.3 Å². The second-order valence-corrected chi connectivity index (χ2v) is 5.65. The molecule has 0 fully saturated rings. The van der Waals surface area contributed by atoms with E-state index in [-0.39, 0.29) is 24.0 Å². The summed E-state index contributed by atoms with van der Waals surface area (Å²) in [6.45, 7) is 7.86. The molecule has 0 aromatic heterocycles. The van der Waals surface area contributed by atoms with Crippen LogP contribution >= 0.6 is 15.9 Å². The van der Waals surface area contributed by atoms with Crippen LogP contribution in [0.15, 0.2) is 28.7 Å². The number of carbonyl (C=O) groups is 1. The summed E-state index contributed by atoms with van der Waals surface area (Å²) >= 11 is 3.52. The Morgan fingerprint density at radius 2 is 1.78 bits per heavy atom. The zero-order chi connectivity index (χ0) is 13.7. The highest BCUT2D eigenvalue weighted by Gasteiger charge is 2.17. The van der Waals surface area contributed by atoms with E-state index in [0.29, 0.717) is 0 Å². The lowest BCUT2D eigenvalue weighted by Crippen LogP contribution is -2.45. The minimum Gasteiger partial charge on any atom is -0.353 e. The van der Waals surface area contributed by atoms with Gasteiger partial charge in [0.15, 0.2) is 0 Å². The summed E-state index contributed by atoms with van der Waals surface area (Å²) in [4.78, 5) is 11.8. The van der Waals surface area contributed by atoms with E-state index in [1.807, 2.05) is 39.0 Å². The van der Waals surface area contributed by atoms with E-state index in [0.717, 1.165) is 10.0 Å². The molecule has 0 aliphatic heterocycles. The van der Waals surface area contributed by atoms with Gasteiger partial charge in [-0.2, -0.15) is 0 Å². The molecule has 0 aliphatic carbocycles. The van der Waals surface area contributed by atoms with Crippen molar-refractivity contribution in [3.63, 3.8) is 0 Å². The topological polar surface area (TPSA) is 41.1 Å². The molecule has 0 saturated carbocycles. The Balaban J connectivity index is 2.62. The molecule has 100 valence electrons. The first kappa shape index (κ1) is 15.2. The molecule has 2 atom stereocenters. The highest BCUT2D eigenvalue weighted by atomic mass is 79.9. The molecule has 0 heterocycles. The molecule has 2 N–H and O–H groups in total. The summed E-state index contributed by atoms with van der Waals surface area (Å²) in [5, 5.41) is 6.20. The lowest BCUT2D eigenvalue weighted by atomic mass is 10.1. The second-order valence-electron chi connectivity index (χ2n) is 4.79. The average molecular weight is 313 g/mol. The highest BCUT2D eigenvalue weighted by molar-refractivity contribution is 9.10. The predicted molar refractivity (Wildman–Crippen MR) is 78.4 cm³/mol. The van der Waals surface area contributed by atoms with Crippen molar-refractivity contribution in [2.24, 2.45) is 0 Å². The standard InChI is InChI=1S/C14H21BrN2O/c1-9(2)16-14(18)11(4)17-10(3)12-7-5-6-8-13(12)15/h5-11,17H,1-4H3,(H,16,18)/t10-,11?/m1/s1. The smallest absolute Gasteiger partial charge is 0.237 e. The van der Waals surface area contributed by atoms with Gasteiger partial charge in [0.25, 0.3) is 0 Å². The normalized spacial score (nSPS) is 14.3. The lowest BCUT2D eigenvalue weighted by molar-refractivity contribution is -0.123. The number of carbonyl (C=O) groups excluding carboxylic acids is 1. The molecule has 0 bridgehead atoms. The third-order valence-corrected chi connectivity index (χ3v) is 3.42. The molecule has 1 aromatic carbocycles. The maximum absolute atomic E-state index is 11.8. The summed E-state index contributed by atoms with van der Waals surface area (Å²) in [5.41, 5.74) is 1.15. The van der Waals surface area contributed by atoms with Crippen molar-refractivity contribution in [2.45, 2.75) is 45.8 Å². The Morgan fingerprint density at radius 3 is 2.33 bits per heavy atom. The number of rotatable bonds is 5. The van der Waals surface area contributed by atoms with Gasteiger partial charge in [-0.05, 0) is 39.3 Å². The van der Waals surface area contributed by atoms with Gasteiger partial charge in [0, 0.05) is 16.6 Å². The van der Waals surface area contributed by atoms with Crippen molar-refractivity contribution in [2.75, 3.05) is 0 Å². The molecule has 0 aliphatic rings. The largest absolute Gasteiger partial charge is 0.353 e. The molecule has 1 unspecified atom stereocenters. The van der Waals surface area contributed by atoms with Crippen LogP contribution in [0.25, 0.3) is 0 Å². The lowest BCUT2D eigenvalue weighted by Gasteiger charge is -2.21. The fourth-order valence-corrected chi connectivity index (χ4v) is 2.40. The van der Waals surface area contributed by atoms with Crippen LogP contribution < -0.4 is 10.6 Å². The molecule has 1 aromatic rings. The number of amides is 1. The Morgan fingerprint density at radius 1 is 1.17 bits per heavy atom. The molecule has 3 nitrogen and oxygen atoms in total. The Labute approximate surface area is 117 Å². The zero-order valence-corrected chi connectivity index (χ0v) is 12.9. The van der Waals surface area contributed by atoms with Crippen LogP contribution in [0.4, 0.5) is 0 Å². The molecule has 1 amide bonds. The van der Waals surface area contributed by atoms with Crippen molar-refractivity contribution in [3.05, 3.63) is 34.3 Å². The van der Waals surface area contributed by atoms with Gasteiger partial charge in [0.05, 0.1) is 6.04 Å². The maximum atomic E-state index is 11.8. The monoisotopic (exact) mass is 312 g/mol. The van der Waals surface area contributed by atoms with Gasteiger partial charge >= 0.3 is 0 Å². The molecule has 18 heavy (non-hydrogen) atoms. The number of halogens is 1. The minimum absolute atomic E-state index is 0.0314. The van der Waals surface area contributed by atoms with Gasteiger partial charge in [0.2, 0.25) is 5.91 Å². The van der Waals surface area contributed by atoms with Crippen molar-refractivity contribution in [1.82, 2.24) is 10.6 Å². The number of nitrogens with one attached hydrogen (secondary N) is 2. The van der Waals surface area contributed by atoms with Crippen molar-refractivity contribution in [1.29, 1.82) is 0 Å². The fourth-order valence-electron chi connectivity index (χ4n) is 1.78. The summed E-state index contributed by atoms with van der Waals surface area (Å²) in [6, 6.07) is 8.11. The van der Waals surface area contributed by atoms with Crippen molar-refractivity contribution >= 4 is 21.8 Å². The first-order valence-electron chi connectivity index (χ1n) is 6.22. The molecule has 0 saturated heterocycles. The van der Waals surface area contributed by atoms with E-state index in [9.17, 15) is 4.79 Å². The third-order valence-electron chi connectivity index (χ3n) is 2.70. The van der Waals surface area contributed by atoms with E-state index >= 15 is 0 Å². The summed E-state index contributed by atoms with van der Waals surface area (Å²) < 4.78 is 1.06. The van der Waals surface area contributed by atoms with E-state index in [1.165, 1.54) is 0 Å². The number of benzene rings is 1. The molecule has 4 heteroatoms. The highest BCUT2D eigenvalue weighted by Crippen LogP contribution is 2.22. The Hall–Kier alpha value is -0.870. The quantitative estimate of drug-likeness (QED) is 0.877. The van der Waals surface area contributed by atoms with E-state index in [1.54, 1.807) is 0 Å². The third kappa shape index (κ3) is 4.42. The van der Waals surface area contributed by atoms with Gasteiger partial charge in [-0.1, -0.05) is 34.1 Å². The second kappa shape index (κ2) is 6.90. The van der Waals surface area contributed by atoms with Crippen molar-refractivity contribution < 1.29 is 4.79 Å². The van der Waals surface area contributed by atoms with Crippen LogP contribution in [-0.2, 0) is 4.79 Å². The van der Waals surface area contributed by atoms with Gasteiger partial charge in [-0.15, -0.1) is 0 Å². The zero-order valence-electron chi connectivity index (χ0n) is 11.3. The van der Waals surface area contributed by atoms with Gasteiger partial charge in [-0.3, -0.25) is 10.1 Å². The molecule has 0 spiro atoms. The van der Waals surface area contributed by atoms with Crippen LogP contribution in [-0.4, -0.2) is 18.0 Å². The molecule has 0 radical (unpaired) electrons. The maximum Gasteiger partial charge on any atom is 0.237 e. The predicted octanol–water partition coefficient (Wildman–Crippen LogP) is 3.01. The SMILES string of the molecule is CC(C)NC(=O)C(C)N[C@H](C)c1ccccc1Br. The Kier molecular flexibility index (Phi) is 5.82. The molecular weight excluding hydrogens is 292 g/mol. The summed E-state index contributed by atoms with van der Waals surface area (Å²) in [5.74, 6) is 0.0314. The van der Waals surface area contributed by atoms with Crippen LogP contribution in [0, 0.1) is 0 Å². The minimum atomic E-state index is -0.213. The first-order valence-corrected chi connectivity index (χ1v) is 7.02. The fraction of sp³-hybridized carbons (Fsp3) is 0.500. The van der Waals surface area contributed by atoms with Gasteiger partial charge < -0.3 is 5.32 Å².